The molecule has 0 saturated carbocycles. The van der Waals surface area contributed by atoms with E-state index in [1.165, 1.54) is 6.07 Å². The summed E-state index contributed by atoms with van der Waals surface area (Å²) in [5, 5.41) is 4.11. The van der Waals surface area contributed by atoms with Gasteiger partial charge in [-0.1, -0.05) is 15.9 Å². The van der Waals surface area contributed by atoms with Gasteiger partial charge in [-0.25, -0.2) is 0 Å². The monoisotopic (exact) mass is 360 g/mol. The molecular formula is C14H12BrF3N2O. The smallest absolute Gasteiger partial charge is 0.294 e. The molecule has 0 atom stereocenters. The van der Waals surface area contributed by atoms with Gasteiger partial charge in [0.1, 0.15) is 0 Å². The first-order valence-corrected chi connectivity index (χ1v) is 6.87. The van der Waals surface area contributed by atoms with E-state index in [2.05, 4.69) is 21.0 Å². The Morgan fingerprint density at radius 1 is 1.33 bits per heavy atom. The second-order valence-electron chi connectivity index (χ2n) is 4.69. The number of carbonyl (C=O) groups is 1. The van der Waals surface area contributed by atoms with Crippen molar-refractivity contribution in [3.63, 3.8) is 0 Å². The lowest BCUT2D eigenvalue weighted by molar-refractivity contribution is -0.137. The number of Topliss-reactive ketones (excluding diaryl/α,β-unsaturated/α-hetero) is 1. The number of alkyl halides is 3. The van der Waals surface area contributed by atoms with Crippen LogP contribution < -0.4 is 0 Å². The second kappa shape index (κ2) is 5.63. The Labute approximate surface area is 127 Å². The van der Waals surface area contributed by atoms with E-state index in [0.717, 1.165) is 17.8 Å². The van der Waals surface area contributed by atoms with Crippen molar-refractivity contribution in [1.82, 2.24) is 9.78 Å². The van der Waals surface area contributed by atoms with Gasteiger partial charge in [0.2, 0.25) is 0 Å². The van der Waals surface area contributed by atoms with Gasteiger partial charge < -0.3 is 0 Å². The van der Waals surface area contributed by atoms with Crippen LogP contribution in [0.25, 0.3) is 0 Å². The van der Waals surface area contributed by atoms with Gasteiger partial charge >= 0.3 is 6.18 Å². The Morgan fingerprint density at radius 3 is 2.52 bits per heavy atom. The molecule has 1 aromatic heterocycles. The van der Waals surface area contributed by atoms with Crippen LogP contribution in [0.1, 0.15) is 27.3 Å². The lowest BCUT2D eigenvalue weighted by Crippen LogP contribution is -2.11. The summed E-state index contributed by atoms with van der Waals surface area (Å²) < 4.78 is 40.0. The standard InChI is InChI=1S/C14H12BrF3N2O/c1-8-5-10(20(2)19-8)7-13(21)11-6-9(14(16,17)18)3-4-12(11)15/h3-6H,7H2,1-2H3. The molecule has 0 unspecified atom stereocenters. The van der Waals surface area contributed by atoms with Crippen molar-refractivity contribution in [2.24, 2.45) is 7.05 Å². The minimum atomic E-state index is -4.47. The van der Waals surface area contributed by atoms with E-state index in [0.29, 0.717) is 10.2 Å². The van der Waals surface area contributed by atoms with Crippen LogP contribution in [0.5, 0.6) is 0 Å². The Balaban J connectivity index is 2.33. The van der Waals surface area contributed by atoms with Crippen LogP contribution >= 0.6 is 15.9 Å². The van der Waals surface area contributed by atoms with Gasteiger partial charge in [0, 0.05) is 22.8 Å². The summed E-state index contributed by atoms with van der Waals surface area (Å²) >= 11 is 3.12. The van der Waals surface area contributed by atoms with Gasteiger partial charge in [-0.3, -0.25) is 9.48 Å². The first-order valence-electron chi connectivity index (χ1n) is 6.08. The Hall–Kier alpha value is -1.63. The van der Waals surface area contributed by atoms with E-state index in [4.69, 9.17) is 0 Å². The number of hydrogen-bond acceptors (Lipinski definition) is 2. The summed E-state index contributed by atoms with van der Waals surface area (Å²) in [6.07, 6.45) is -4.48. The molecule has 21 heavy (non-hydrogen) atoms. The first-order chi connectivity index (χ1) is 9.68. The number of aromatic nitrogens is 2. The van der Waals surface area contributed by atoms with Crippen LogP contribution in [0, 0.1) is 6.92 Å². The Bertz CT molecular complexity index is 692. The third-order valence-electron chi connectivity index (χ3n) is 3.03. The molecule has 3 nitrogen and oxygen atoms in total. The van der Waals surface area contributed by atoms with Crippen molar-refractivity contribution in [2.75, 3.05) is 0 Å². The molecule has 0 spiro atoms. The lowest BCUT2D eigenvalue weighted by Gasteiger charge is -2.10. The van der Waals surface area contributed by atoms with Crippen molar-refractivity contribution >= 4 is 21.7 Å². The molecule has 0 aliphatic carbocycles. The van der Waals surface area contributed by atoms with Gasteiger partial charge in [0.25, 0.3) is 0 Å². The number of benzene rings is 1. The minimum absolute atomic E-state index is 0.00273. The molecule has 7 heteroatoms. The van der Waals surface area contributed by atoms with Crippen molar-refractivity contribution in [3.8, 4) is 0 Å². The van der Waals surface area contributed by atoms with E-state index in [1.807, 2.05) is 0 Å². The van der Waals surface area contributed by atoms with E-state index < -0.39 is 17.5 Å². The molecule has 0 radical (unpaired) electrons. The molecule has 1 aromatic carbocycles. The Morgan fingerprint density at radius 2 is 2.00 bits per heavy atom. The largest absolute Gasteiger partial charge is 0.416 e. The number of rotatable bonds is 3. The summed E-state index contributed by atoms with van der Waals surface area (Å²) in [6.45, 7) is 1.79. The fraction of sp³-hybridized carbons (Fsp3) is 0.286. The molecule has 0 fully saturated rings. The average molecular weight is 361 g/mol. The number of ketones is 1. The van der Waals surface area contributed by atoms with Crippen molar-refractivity contribution in [1.29, 1.82) is 0 Å². The predicted molar refractivity (Wildman–Crippen MR) is 75.1 cm³/mol. The maximum atomic E-state index is 12.7. The number of aryl methyl sites for hydroxylation is 2. The summed E-state index contributed by atoms with van der Waals surface area (Å²) in [7, 11) is 1.69. The first kappa shape index (κ1) is 15.8. The van der Waals surface area contributed by atoms with Crippen LogP contribution in [0.15, 0.2) is 28.7 Å². The quantitative estimate of drug-likeness (QED) is 0.777. The molecule has 2 aromatic rings. The molecule has 0 saturated heterocycles. The fourth-order valence-electron chi connectivity index (χ4n) is 2.00. The normalized spacial score (nSPS) is 11.7. The van der Waals surface area contributed by atoms with Gasteiger partial charge in [0.15, 0.2) is 5.78 Å². The van der Waals surface area contributed by atoms with E-state index in [9.17, 15) is 18.0 Å². The zero-order valence-electron chi connectivity index (χ0n) is 11.3. The minimum Gasteiger partial charge on any atom is -0.294 e. The molecule has 1 heterocycles. The Kier molecular flexibility index (Phi) is 4.22. The van der Waals surface area contributed by atoms with Crippen molar-refractivity contribution in [2.45, 2.75) is 19.5 Å². The zero-order valence-corrected chi connectivity index (χ0v) is 12.9. The third kappa shape index (κ3) is 3.53. The molecule has 112 valence electrons. The number of halogens is 4. The van der Waals surface area contributed by atoms with Gasteiger partial charge in [-0.2, -0.15) is 18.3 Å². The highest BCUT2D eigenvalue weighted by atomic mass is 79.9. The third-order valence-corrected chi connectivity index (χ3v) is 3.73. The lowest BCUT2D eigenvalue weighted by atomic mass is 10.0. The maximum Gasteiger partial charge on any atom is 0.416 e. The highest BCUT2D eigenvalue weighted by Crippen LogP contribution is 2.32. The molecule has 0 bridgehead atoms. The predicted octanol–water partition coefficient (Wildman–Crippen LogP) is 3.94. The summed E-state index contributed by atoms with van der Waals surface area (Å²) in [5.41, 5.74) is 0.587. The van der Waals surface area contributed by atoms with Crippen molar-refractivity contribution < 1.29 is 18.0 Å². The van der Waals surface area contributed by atoms with E-state index >= 15 is 0 Å². The number of hydrogen-bond donors (Lipinski definition) is 0. The number of nitrogens with zero attached hydrogens (tertiary/aromatic N) is 2. The maximum absolute atomic E-state index is 12.7. The molecule has 0 amide bonds. The summed E-state index contributed by atoms with van der Waals surface area (Å²) in [6, 6.07) is 4.79. The van der Waals surface area contributed by atoms with Gasteiger partial charge in [-0.05, 0) is 31.2 Å². The molecule has 0 N–H and O–H groups in total. The van der Waals surface area contributed by atoms with E-state index in [-0.39, 0.29) is 12.0 Å². The number of carbonyl (C=O) groups excluding carboxylic acids is 1. The highest BCUT2D eigenvalue weighted by Gasteiger charge is 2.31. The topological polar surface area (TPSA) is 34.9 Å². The SMILES string of the molecule is Cc1cc(CC(=O)c2cc(C(F)(F)F)ccc2Br)n(C)n1. The van der Waals surface area contributed by atoms with Gasteiger partial charge in [-0.15, -0.1) is 0 Å². The van der Waals surface area contributed by atoms with Gasteiger partial charge in [0.05, 0.1) is 17.7 Å². The molecule has 0 aliphatic rings. The highest BCUT2D eigenvalue weighted by molar-refractivity contribution is 9.10. The summed E-state index contributed by atoms with van der Waals surface area (Å²) in [5.74, 6) is -0.393. The van der Waals surface area contributed by atoms with E-state index in [1.54, 1.807) is 24.7 Å². The molecule has 2 rings (SSSR count). The zero-order chi connectivity index (χ0) is 15.8. The van der Waals surface area contributed by atoms with Crippen LogP contribution in [-0.4, -0.2) is 15.6 Å². The second-order valence-corrected chi connectivity index (χ2v) is 5.55. The van der Waals surface area contributed by atoms with Crippen LogP contribution in [0.2, 0.25) is 0 Å². The van der Waals surface area contributed by atoms with Crippen LogP contribution in [-0.2, 0) is 19.6 Å². The molecule has 0 aliphatic heterocycles. The van der Waals surface area contributed by atoms with Crippen molar-refractivity contribution in [3.05, 3.63) is 51.3 Å². The summed E-state index contributed by atoms with van der Waals surface area (Å²) in [4.78, 5) is 12.2. The van der Waals surface area contributed by atoms with Crippen LogP contribution in [0.3, 0.4) is 0 Å². The fourth-order valence-corrected chi connectivity index (χ4v) is 2.47. The van der Waals surface area contributed by atoms with Crippen LogP contribution in [0.4, 0.5) is 13.2 Å². The molecular weight excluding hydrogens is 349 g/mol. The average Bonchev–Trinajstić information content (AvgIpc) is 2.66.